The molecule has 2 heterocycles. The Bertz CT molecular complexity index is 788. The van der Waals surface area contributed by atoms with Crippen LogP contribution >= 0.6 is 0 Å². The van der Waals surface area contributed by atoms with E-state index in [1.807, 2.05) is 0 Å². The lowest BCUT2D eigenvalue weighted by Crippen LogP contribution is -2.32. The molecule has 2 atom stereocenters. The summed E-state index contributed by atoms with van der Waals surface area (Å²) in [5.74, 6) is -1.79. The number of β-amino-alcohol motifs (C(OH)–C–C–N with tert-alkyl or cyclic N) is 1. The van der Waals surface area contributed by atoms with Crippen molar-refractivity contribution in [2.75, 3.05) is 6.54 Å². The second-order valence-electron chi connectivity index (χ2n) is 6.51. The van der Waals surface area contributed by atoms with Crippen molar-refractivity contribution in [1.82, 2.24) is 15.1 Å². The number of benzene rings is 1. The molecule has 7 heteroatoms. The van der Waals surface area contributed by atoms with E-state index in [0.29, 0.717) is 23.5 Å². The molecule has 1 aromatic carbocycles. The lowest BCUT2D eigenvalue weighted by Gasteiger charge is -2.25. The van der Waals surface area contributed by atoms with Crippen LogP contribution in [0.15, 0.2) is 24.4 Å². The highest BCUT2D eigenvalue weighted by Crippen LogP contribution is 2.42. The molecule has 5 nitrogen and oxygen atoms in total. The number of H-pyrrole nitrogens is 1. The van der Waals surface area contributed by atoms with Crippen LogP contribution in [0.4, 0.5) is 8.78 Å². The third kappa shape index (κ3) is 2.58. The molecule has 2 unspecified atom stereocenters. The van der Waals surface area contributed by atoms with Crippen LogP contribution in [-0.2, 0) is 0 Å². The average Bonchev–Trinajstić information content (AvgIpc) is 3.15. The van der Waals surface area contributed by atoms with E-state index in [9.17, 15) is 18.7 Å². The molecule has 2 N–H and O–H groups in total. The number of carbonyl (C=O) groups excluding carboxylic acids is 1. The zero-order valence-electron chi connectivity index (χ0n) is 12.9. The molecule has 0 spiro atoms. The Labute approximate surface area is 137 Å². The summed E-state index contributed by atoms with van der Waals surface area (Å²) in [7, 11) is 0. The van der Waals surface area contributed by atoms with Gasteiger partial charge in [-0.1, -0.05) is 6.07 Å². The van der Waals surface area contributed by atoms with Crippen LogP contribution in [0.3, 0.4) is 0 Å². The maximum Gasteiger partial charge on any atom is 0.257 e. The second-order valence-corrected chi connectivity index (χ2v) is 6.51. The van der Waals surface area contributed by atoms with Gasteiger partial charge in [-0.2, -0.15) is 5.10 Å². The Morgan fingerprint density at radius 2 is 2.08 bits per heavy atom. The molecule has 1 aliphatic heterocycles. The molecular formula is C17H17F2N3O2. The fourth-order valence-electron chi connectivity index (χ4n) is 3.38. The van der Waals surface area contributed by atoms with Crippen molar-refractivity contribution in [3.8, 4) is 0 Å². The van der Waals surface area contributed by atoms with Crippen LogP contribution in [0, 0.1) is 11.6 Å². The molecule has 0 bridgehead atoms. The Balaban J connectivity index is 1.65. The van der Waals surface area contributed by atoms with E-state index < -0.39 is 23.8 Å². The quantitative estimate of drug-likeness (QED) is 0.907. The molecule has 2 aromatic rings. The minimum absolute atomic E-state index is 0.164. The molecule has 1 saturated heterocycles. The van der Waals surface area contributed by atoms with Gasteiger partial charge in [-0.15, -0.1) is 0 Å². The number of aliphatic hydroxyl groups excluding tert-OH is 1. The summed E-state index contributed by atoms with van der Waals surface area (Å²) in [5.41, 5.74) is 1.81. The number of rotatable bonds is 3. The second kappa shape index (κ2) is 5.66. The Hall–Kier alpha value is -2.28. The van der Waals surface area contributed by atoms with Gasteiger partial charge in [0.1, 0.15) is 0 Å². The summed E-state index contributed by atoms with van der Waals surface area (Å²) in [5, 5.41) is 16.9. The number of aliphatic hydroxyl groups is 1. The number of aromatic nitrogens is 2. The first-order chi connectivity index (χ1) is 11.5. The summed E-state index contributed by atoms with van der Waals surface area (Å²) in [6.07, 6.45) is 3.16. The maximum atomic E-state index is 13.6. The topological polar surface area (TPSA) is 69.2 Å². The van der Waals surface area contributed by atoms with Crippen molar-refractivity contribution in [2.45, 2.75) is 37.3 Å². The summed E-state index contributed by atoms with van der Waals surface area (Å²) in [6.45, 7) is 0.164. The number of aromatic amines is 1. The van der Waals surface area contributed by atoms with Crippen LogP contribution < -0.4 is 0 Å². The van der Waals surface area contributed by atoms with Crippen molar-refractivity contribution in [1.29, 1.82) is 0 Å². The summed E-state index contributed by atoms with van der Waals surface area (Å²) >= 11 is 0. The third-order valence-corrected chi connectivity index (χ3v) is 4.75. The Morgan fingerprint density at radius 3 is 2.79 bits per heavy atom. The number of hydrogen-bond donors (Lipinski definition) is 2. The van der Waals surface area contributed by atoms with E-state index >= 15 is 0 Å². The van der Waals surface area contributed by atoms with Gasteiger partial charge >= 0.3 is 0 Å². The number of amides is 1. The van der Waals surface area contributed by atoms with Gasteiger partial charge in [0, 0.05) is 12.5 Å². The molecule has 2 fully saturated rings. The van der Waals surface area contributed by atoms with Gasteiger partial charge < -0.3 is 10.0 Å². The molecule has 4 rings (SSSR count). The molecular weight excluding hydrogens is 316 g/mol. The number of likely N-dealkylation sites (tertiary alicyclic amines) is 1. The van der Waals surface area contributed by atoms with Gasteiger partial charge in [0.05, 0.1) is 29.6 Å². The largest absolute Gasteiger partial charge is 0.391 e. The normalized spacial score (nSPS) is 23.7. The molecule has 1 aromatic heterocycles. The SMILES string of the molecule is O=C(c1cn[nH]c1C1CC1)N1CC(O)CC1c1ccc(F)c(F)c1. The predicted molar refractivity (Wildman–Crippen MR) is 81.3 cm³/mol. The lowest BCUT2D eigenvalue weighted by atomic mass is 10.0. The first-order valence-corrected chi connectivity index (χ1v) is 8.02. The van der Waals surface area contributed by atoms with Gasteiger partial charge in [0.2, 0.25) is 0 Å². The van der Waals surface area contributed by atoms with Crippen molar-refractivity contribution in [2.24, 2.45) is 0 Å². The average molecular weight is 333 g/mol. The molecule has 126 valence electrons. The van der Waals surface area contributed by atoms with E-state index in [-0.39, 0.29) is 12.5 Å². The molecule has 0 radical (unpaired) electrons. The summed E-state index contributed by atoms with van der Waals surface area (Å²) < 4.78 is 26.7. The van der Waals surface area contributed by atoms with Crippen molar-refractivity contribution >= 4 is 5.91 Å². The third-order valence-electron chi connectivity index (χ3n) is 4.75. The first kappa shape index (κ1) is 15.3. The number of carbonyl (C=O) groups is 1. The fourth-order valence-corrected chi connectivity index (χ4v) is 3.38. The van der Waals surface area contributed by atoms with Gasteiger partial charge in [-0.25, -0.2) is 8.78 Å². The molecule has 1 saturated carbocycles. The van der Waals surface area contributed by atoms with Crippen LogP contribution in [-0.4, -0.2) is 38.8 Å². The first-order valence-electron chi connectivity index (χ1n) is 8.02. The number of nitrogens with zero attached hydrogens (tertiary/aromatic N) is 2. The molecule has 1 aliphatic carbocycles. The predicted octanol–water partition coefficient (Wildman–Crippen LogP) is 2.51. The van der Waals surface area contributed by atoms with Gasteiger partial charge in [-0.3, -0.25) is 9.89 Å². The maximum absolute atomic E-state index is 13.6. The van der Waals surface area contributed by atoms with Gasteiger partial charge in [0.25, 0.3) is 5.91 Å². The Morgan fingerprint density at radius 1 is 1.29 bits per heavy atom. The van der Waals surface area contributed by atoms with E-state index in [1.165, 1.54) is 17.2 Å². The lowest BCUT2D eigenvalue weighted by molar-refractivity contribution is 0.0714. The van der Waals surface area contributed by atoms with Crippen molar-refractivity contribution < 1.29 is 18.7 Å². The minimum atomic E-state index is -0.955. The van der Waals surface area contributed by atoms with E-state index in [4.69, 9.17) is 0 Å². The number of nitrogens with one attached hydrogen (secondary N) is 1. The monoisotopic (exact) mass is 333 g/mol. The zero-order chi connectivity index (χ0) is 16.8. The fraction of sp³-hybridized carbons (Fsp3) is 0.412. The highest BCUT2D eigenvalue weighted by atomic mass is 19.2. The Kier molecular flexibility index (Phi) is 3.60. The number of halogens is 2. The highest BCUT2D eigenvalue weighted by molar-refractivity contribution is 5.96. The van der Waals surface area contributed by atoms with Crippen molar-refractivity contribution in [3.63, 3.8) is 0 Å². The van der Waals surface area contributed by atoms with Gasteiger partial charge in [-0.05, 0) is 37.0 Å². The summed E-state index contributed by atoms with van der Waals surface area (Å²) in [6, 6.07) is 3.11. The summed E-state index contributed by atoms with van der Waals surface area (Å²) in [4.78, 5) is 14.5. The molecule has 2 aliphatic rings. The van der Waals surface area contributed by atoms with E-state index in [1.54, 1.807) is 0 Å². The highest BCUT2D eigenvalue weighted by Gasteiger charge is 2.39. The van der Waals surface area contributed by atoms with Gasteiger partial charge in [0.15, 0.2) is 11.6 Å². The van der Waals surface area contributed by atoms with Crippen LogP contribution in [0.25, 0.3) is 0 Å². The standard InChI is InChI=1S/C17H17F2N3O2/c18-13-4-3-10(5-14(13)19)15-6-11(23)8-22(15)17(24)12-7-20-21-16(12)9-1-2-9/h3-5,7,9,11,15,23H,1-2,6,8H2,(H,20,21). The van der Waals surface area contributed by atoms with Crippen LogP contribution in [0.1, 0.15) is 52.8 Å². The van der Waals surface area contributed by atoms with E-state index in [0.717, 1.165) is 30.7 Å². The van der Waals surface area contributed by atoms with Crippen LogP contribution in [0.2, 0.25) is 0 Å². The van der Waals surface area contributed by atoms with E-state index in [2.05, 4.69) is 10.2 Å². The van der Waals surface area contributed by atoms with Crippen LogP contribution in [0.5, 0.6) is 0 Å². The van der Waals surface area contributed by atoms with Crippen molar-refractivity contribution in [3.05, 3.63) is 52.9 Å². The molecule has 1 amide bonds. The zero-order valence-corrected chi connectivity index (χ0v) is 12.9. The number of hydrogen-bond acceptors (Lipinski definition) is 3. The smallest absolute Gasteiger partial charge is 0.257 e. The minimum Gasteiger partial charge on any atom is -0.391 e. The molecule has 24 heavy (non-hydrogen) atoms.